The van der Waals surface area contributed by atoms with Crippen LogP contribution in [0, 0.1) is 5.82 Å². The van der Waals surface area contributed by atoms with Crippen LogP contribution in [0.3, 0.4) is 0 Å². The number of carbonyl (C=O) groups is 2. The minimum Gasteiger partial charge on any atom is -0.435 e. The molecule has 0 aliphatic rings. The van der Waals surface area contributed by atoms with E-state index in [2.05, 4.69) is 15.6 Å². The normalized spacial score (nSPS) is 10.3. The third kappa shape index (κ3) is 4.47. The maximum atomic E-state index is 13.4. The van der Waals surface area contributed by atoms with Gasteiger partial charge in [0.25, 0.3) is 11.8 Å². The van der Waals surface area contributed by atoms with Crippen molar-refractivity contribution < 1.29 is 27.5 Å². The molecule has 0 aliphatic heterocycles. The summed E-state index contributed by atoms with van der Waals surface area (Å²) in [6, 6.07) is 10.1. The Morgan fingerprint density at radius 2 is 1.52 bits per heavy atom. The first kappa shape index (κ1) is 16.3. The summed E-state index contributed by atoms with van der Waals surface area (Å²) in [6.45, 7) is -2.96. The summed E-state index contributed by atoms with van der Waals surface area (Å²) in [5.41, 5.74) is 4.02. The van der Waals surface area contributed by atoms with Crippen molar-refractivity contribution in [2.24, 2.45) is 0 Å². The maximum Gasteiger partial charge on any atom is 0.387 e. The Morgan fingerprint density at radius 3 is 2.13 bits per heavy atom. The second kappa shape index (κ2) is 7.30. The highest BCUT2D eigenvalue weighted by atomic mass is 19.3. The van der Waals surface area contributed by atoms with Crippen molar-refractivity contribution in [3.63, 3.8) is 0 Å². The van der Waals surface area contributed by atoms with Gasteiger partial charge in [-0.05, 0) is 36.4 Å². The summed E-state index contributed by atoms with van der Waals surface area (Å²) in [7, 11) is 0. The Labute approximate surface area is 129 Å². The second-order valence-corrected chi connectivity index (χ2v) is 4.29. The first-order valence-electron chi connectivity index (χ1n) is 6.37. The van der Waals surface area contributed by atoms with Crippen LogP contribution in [0.25, 0.3) is 0 Å². The van der Waals surface area contributed by atoms with E-state index >= 15 is 0 Å². The number of carbonyl (C=O) groups excluding carboxylic acids is 2. The fourth-order valence-electron chi connectivity index (χ4n) is 1.69. The van der Waals surface area contributed by atoms with Crippen molar-refractivity contribution in [3.05, 3.63) is 65.5 Å². The van der Waals surface area contributed by atoms with Crippen molar-refractivity contribution in [3.8, 4) is 5.75 Å². The van der Waals surface area contributed by atoms with Crippen LogP contribution in [0.2, 0.25) is 0 Å². The van der Waals surface area contributed by atoms with Crippen molar-refractivity contribution in [1.29, 1.82) is 0 Å². The minimum absolute atomic E-state index is 0.0976. The number of amides is 2. The van der Waals surface area contributed by atoms with E-state index in [9.17, 15) is 22.8 Å². The zero-order chi connectivity index (χ0) is 16.8. The van der Waals surface area contributed by atoms with Gasteiger partial charge in [0.1, 0.15) is 11.6 Å². The van der Waals surface area contributed by atoms with Crippen molar-refractivity contribution >= 4 is 11.8 Å². The first-order valence-corrected chi connectivity index (χ1v) is 6.37. The molecule has 0 heterocycles. The van der Waals surface area contributed by atoms with Gasteiger partial charge in [-0.1, -0.05) is 12.1 Å². The van der Waals surface area contributed by atoms with Crippen molar-refractivity contribution in [1.82, 2.24) is 10.9 Å². The highest BCUT2D eigenvalue weighted by Crippen LogP contribution is 2.14. The van der Waals surface area contributed by atoms with Gasteiger partial charge in [0.15, 0.2) is 0 Å². The van der Waals surface area contributed by atoms with Crippen LogP contribution in [0.4, 0.5) is 13.2 Å². The Hall–Kier alpha value is -3.03. The number of hydrogen-bond acceptors (Lipinski definition) is 3. The third-order valence-electron chi connectivity index (χ3n) is 2.75. The van der Waals surface area contributed by atoms with Gasteiger partial charge in [-0.15, -0.1) is 0 Å². The standard InChI is InChI=1S/C15H11F3N2O3/c16-12-4-2-1-3-11(12)14(22)20-19-13(21)9-5-7-10(8-6-9)23-15(17)18/h1-8,15H,(H,19,21)(H,20,22). The third-order valence-corrected chi connectivity index (χ3v) is 2.75. The Bertz CT molecular complexity index is 705. The first-order chi connectivity index (χ1) is 11.0. The fraction of sp³-hybridized carbons (Fsp3) is 0.0667. The van der Waals surface area contributed by atoms with Crippen LogP contribution in [-0.4, -0.2) is 18.4 Å². The molecule has 0 radical (unpaired) electrons. The summed E-state index contributed by atoms with van der Waals surface area (Å²) >= 11 is 0. The average Bonchev–Trinajstić information content (AvgIpc) is 2.53. The molecule has 2 aromatic rings. The average molecular weight is 324 g/mol. The lowest BCUT2D eigenvalue weighted by atomic mass is 10.2. The van der Waals surface area contributed by atoms with Gasteiger partial charge in [-0.3, -0.25) is 20.4 Å². The van der Waals surface area contributed by atoms with Gasteiger partial charge >= 0.3 is 6.61 Å². The number of alkyl halides is 2. The number of nitrogens with one attached hydrogen (secondary N) is 2. The molecular formula is C15H11F3N2O3. The fourth-order valence-corrected chi connectivity index (χ4v) is 1.69. The zero-order valence-electron chi connectivity index (χ0n) is 11.6. The lowest BCUT2D eigenvalue weighted by Crippen LogP contribution is -2.41. The molecule has 0 spiro atoms. The quantitative estimate of drug-likeness (QED) is 0.849. The van der Waals surface area contributed by atoms with E-state index in [0.717, 1.165) is 6.07 Å². The topological polar surface area (TPSA) is 67.4 Å². The Morgan fingerprint density at radius 1 is 0.913 bits per heavy atom. The monoisotopic (exact) mass is 324 g/mol. The molecule has 0 fully saturated rings. The number of ether oxygens (including phenoxy) is 1. The molecule has 2 amide bonds. The summed E-state index contributed by atoms with van der Waals surface area (Å²) in [6.07, 6.45) is 0. The number of benzene rings is 2. The summed E-state index contributed by atoms with van der Waals surface area (Å²) in [4.78, 5) is 23.5. The van der Waals surface area contributed by atoms with Crippen LogP contribution in [-0.2, 0) is 0 Å². The molecule has 0 saturated heterocycles. The molecule has 0 saturated carbocycles. The smallest absolute Gasteiger partial charge is 0.387 e. The second-order valence-electron chi connectivity index (χ2n) is 4.29. The predicted molar refractivity (Wildman–Crippen MR) is 74.4 cm³/mol. The molecule has 23 heavy (non-hydrogen) atoms. The number of hydrazine groups is 1. The largest absolute Gasteiger partial charge is 0.435 e. The lowest BCUT2D eigenvalue weighted by molar-refractivity contribution is -0.0498. The number of rotatable bonds is 4. The Kier molecular flexibility index (Phi) is 5.19. The molecule has 0 aliphatic carbocycles. The molecular weight excluding hydrogens is 313 g/mol. The van der Waals surface area contributed by atoms with Gasteiger partial charge in [0.05, 0.1) is 5.56 Å². The molecule has 8 heteroatoms. The SMILES string of the molecule is O=C(NNC(=O)c1ccccc1F)c1ccc(OC(F)F)cc1. The van der Waals surface area contributed by atoms with E-state index in [-0.39, 0.29) is 16.9 Å². The molecule has 0 aromatic heterocycles. The predicted octanol–water partition coefficient (Wildman–Crippen LogP) is 2.50. The van der Waals surface area contributed by atoms with Crippen LogP contribution >= 0.6 is 0 Å². The molecule has 120 valence electrons. The summed E-state index contributed by atoms with van der Waals surface area (Å²) < 4.78 is 41.5. The molecule has 2 aromatic carbocycles. The molecule has 5 nitrogen and oxygen atoms in total. The van der Waals surface area contributed by atoms with Gasteiger partial charge in [-0.2, -0.15) is 8.78 Å². The maximum absolute atomic E-state index is 13.4. The van der Waals surface area contributed by atoms with E-state index in [1.807, 2.05) is 0 Å². The van der Waals surface area contributed by atoms with E-state index in [0.29, 0.717) is 0 Å². The molecule has 0 unspecified atom stereocenters. The van der Waals surface area contributed by atoms with Crippen molar-refractivity contribution in [2.75, 3.05) is 0 Å². The van der Waals surface area contributed by atoms with E-state index in [1.54, 1.807) is 0 Å². The highest BCUT2D eigenvalue weighted by molar-refractivity contribution is 5.99. The summed E-state index contributed by atoms with van der Waals surface area (Å²) in [5, 5.41) is 0. The van der Waals surface area contributed by atoms with Gasteiger partial charge in [0, 0.05) is 5.56 Å². The van der Waals surface area contributed by atoms with Gasteiger partial charge in [0.2, 0.25) is 0 Å². The van der Waals surface area contributed by atoms with Crippen molar-refractivity contribution in [2.45, 2.75) is 6.61 Å². The van der Waals surface area contributed by atoms with E-state index in [4.69, 9.17) is 0 Å². The van der Waals surface area contributed by atoms with Crippen LogP contribution in [0.15, 0.2) is 48.5 Å². The van der Waals surface area contributed by atoms with E-state index in [1.165, 1.54) is 42.5 Å². The molecule has 0 bridgehead atoms. The van der Waals surface area contributed by atoms with Crippen LogP contribution < -0.4 is 15.6 Å². The lowest BCUT2D eigenvalue weighted by Gasteiger charge is -2.09. The van der Waals surface area contributed by atoms with Crippen LogP contribution in [0.5, 0.6) is 5.75 Å². The Balaban J connectivity index is 1.94. The van der Waals surface area contributed by atoms with Gasteiger partial charge in [-0.25, -0.2) is 4.39 Å². The van der Waals surface area contributed by atoms with E-state index < -0.39 is 24.2 Å². The minimum atomic E-state index is -2.96. The molecule has 0 atom stereocenters. The van der Waals surface area contributed by atoms with Crippen LogP contribution in [0.1, 0.15) is 20.7 Å². The highest BCUT2D eigenvalue weighted by Gasteiger charge is 2.13. The summed E-state index contributed by atoms with van der Waals surface area (Å²) in [5.74, 6) is -2.35. The van der Waals surface area contributed by atoms with Gasteiger partial charge < -0.3 is 4.74 Å². The zero-order valence-corrected chi connectivity index (χ0v) is 11.6. The number of halogens is 3. The molecule has 2 N–H and O–H groups in total. The molecule has 2 rings (SSSR count). The number of hydrogen-bond donors (Lipinski definition) is 2.